The monoisotopic (exact) mass is 668 g/mol. The highest BCUT2D eigenvalue weighted by Gasteiger charge is 2.37. The zero-order valence-electron chi connectivity index (χ0n) is 28.7. The zero-order valence-corrected chi connectivity index (χ0v) is 28.7. The molecule has 52 heavy (non-hydrogen) atoms. The van der Waals surface area contributed by atoms with Crippen molar-refractivity contribution in [2.24, 2.45) is 0 Å². The van der Waals surface area contributed by atoms with Gasteiger partial charge in [-0.1, -0.05) is 135 Å². The number of fused-ring (bicyclic) bond motifs is 6. The van der Waals surface area contributed by atoms with Crippen LogP contribution < -0.4 is 0 Å². The lowest BCUT2D eigenvalue weighted by atomic mass is 9.82. The van der Waals surface area contributed by atoms with E-state index >= 15 is 0 Å². The Morgan fingerprint density at radius 2 is 1.12 bits per heavy atom. The topological polar surface area (TPSA) is 64.7 Å². The fraction of sp³-hybridized carbons (Fsp3) is 0.0638. The van der Waals surface area contributed by atoms with Crippen molar-refractivity contribution in [1.82, 2.24) is 19.9 Å². The Morgan fingerprint density at radius 3 is 1.96 bits per heavy atom. The molecule has 3 heterocycles. The lowest BCUT2D eigenvalue weighted by Gasteiger charge is -2.21. The van der Waals surface area contributed by atoms with E-state index in [0.29, 0.717) is 23.2 Å². The second kappa shape index (κ2) is 11.7. The summed E-state index contributed by atoms with van der Waals surface area (Å²) in [5.74, 6) is 1.75. The van der Waals surface area contributed by atoms with Crippen LogP contribution in [0.25, 0.3) is 89.6 Å². The quantitative estimate of drug-likeness (QED) is 0.183. The maximum Gasteiger partial charge on any atom is 0.182 e. The van der Waals surface area contributed by atoms with Gasteiger partial charge in [-0.3, -0.25) is 4.98 Å². The molecule has 5 nitrogen and oxygen atoms in total. The molecule has 0 fully saturated rings. The summed E-state index contributed by atoms with van der Waals surface area (Å²) in [6.07, 6.45) is 1.83. The van der Waals surface area contributed by atoms with Crippen LogP contribution in [-0.4, -0.2) is 19.9 Å². The standard InChI is InChI=1S/C47H32N4O/c1-47(2)37-20-10-9-17-34(37)42-36(19-11-21-38(42)47)45-49-44(30-15-7-4-8-16-30)50-46(51-45)39-27-32(25-26-48-39)31-23-24-35-41(28-31)52-40-22-12-18-33(43(35)40)29-13-5-3-6-14-29/h3-28H,1-2H3. The lowest BCUT2D eigenvalue weighted by molar-refractivity contribution is 0.660. The minimum Gasteiger partial charge on any atom is -0.456 e. The smallest absolute Gasteiger partial charge is 0.182 e. The average molecular weight is 669 g/mol. The van der Waals surface area contributed by atoms with Gasteiger partial charge in [0, 0.05) is 33.5 Å². The van der Waals surface area contributed by atoms with Crippen molar-refractivity contribution in [3.63, 3.8) is 0 Å². The number of furan rings is 1. The molecule has 0 saturated heterocycles. The van der Waals surface area contributed by atoms with Crippen LogP contribution >= 0.6 is 0 Å². The maximum absolute atomic E-state index is 6.45. The molecule has 0 spiro atoms. The summed E-state index contributed by atoms with van der Waals surface area (Å²) >= 11 is 0. The number of nitrogens with zero attached hydrogens (tertiary/aromatic N) is 4. The Balaban J connectivity index is 1.11. The predicted octanol–water partition coefficient (Wildman–Crippen LogP) is 11.8. The van der Waals surface area contributed by atoms with Crippen molar-refractivity contribution in [2.45, 2.75) is 19.3 Å². The number of pyridine rings is 1. The van der Waals surface area contributed by atoms with E-state index in [0.717, 1.165) is 49.8 Å². The van der Waals surface area contributed by atoms with Crippen LogP contribution in [0, 0.1) is 0 Å². The SMILES string of the molecule is CC1(C)c2ccccc2-c2c(-c3nc(-c4ccccc4)nc(-c4cc(-c5ccc6c(c5)oc5cccc(-c7ccccc7)c56)ccn4)n3)cccc21. The molecule has 0 radical (unpaired) electrons. The summed E-state index contributed by atoms with van der Waals surface area (Å²) in [6, 6.07) is 52.4. The number of aromatic nitrogens is 4. The van der Waals surface area contributed by atoms with Gasteiger partial charge in [-0.05, 0) is 74.8 Å². The van der Waals surface area contributed by atoms with E-state index in [-0.39, 0.29) is 5.41 Å². The number of hydrogen-bond acceptors (Lipinski definition) is 5. The van der Waals surface area contributed by atoms with Crippen LogP contribution in [0.2, 0.25) is 0 Å². The number of benzene rings is 6. The highest BCUT2D eigenvalue weighted by Crippen LogP contribution is 2.51. The third-order valence-electron chi connectivity index (χ3n) is 10.4. The summed E-state index contributed by atoms with van der Waals surface area (Å²) in [5.41, 5.74) is 13.5. The Hall–Kier alpha value is -6.72. The molecule has 0 saturated carbocycles. The number of hydrogen-bond donors (Lipinski definition) is 0. The summed E-state index contributed by atoms with van der Waals surface area (Å²) in [6.45, 7) is 4.58. The molecule has 246 valence electrons. The molecule has 0 amide bonds. The van der Waals surface area contributed by atoms with Crippen molar-refractivity contribution in [3.8, 4) is 67.7 Å². The highest BCUT2D eigenvalue weighted by atomic mass is 16.3. The molecular weight excluding hydrogens is 637 g/mol. The molecule has 9 aromatic rings. The molecule has 6 aromatic carbocycles. The van der Waals surface area contributed by atoms with E-state index < -0.39 is 0 Å². The van der Waals surface area contributed by atoms with Gasteiger partial charge >= 0.3 is 0 Å². The van der Waals surface area contributed by atoms with Gasteiger partial charge in [0.2, 0.25) is 0 Å². The highest BCUT2D eigenvalue weighted by molar-refractivity contribution is 6.13. The Labute approximate surface area is 301 Å². The van der Waals surface area contributed by atoms with E-state index in [2.05, 4.69) is 117 Å². The minimum atomic E-state index is -0.139. The van der Waals surface area contributed by atoms with Gasteiger partial charge < -0.3 is 4.42 Å². The minimum absolute atomic E-state index is 0.139. The van der Waals surface area contributed by atoms with Gasteiger partial charge in [0.1, 0.15) is 16.9 Å². The first-order valence-corrected chi connectivity index (χ1v) is 17.6. The lowest BCUT2D eigenvalue weighted by Crippen LogP contribution is -2.14. The molecule has 5 heteroatoms. The Kier molecular flexibility index (Phi) is 6.77. The van der Waals surface area contributed by atoms with E-state index in [1.54, 1.807) is 0 Å². The van der Waals surface area contributed by atoms with E-state index in [1.165, 1.54) is 27.8 Å². The molecule has 10 rings (SSSR count). The summed E-state index contributed by atoms with van der Waals surface area (Å²) in [4.78, 5) is 20.1. The summed E-state index contributed by atoms with van der Waals surface area (Å²) in [7, 11) is 0. The molecule has 1 aliphatic carbocycles. The fourth-order valence-electron chi connectivity index (χ4n) is 7.86. The van der Waals surface area contributed by atoms with Gasteiger partial charge in [0.05, 0.1) is 0 Å². The molecule has 3 aromatic heterocycles. The molecular formula is C47H32N4O. The van der Waals surface area contributed by atoms with Gasteiger partial charge in [0.25, 0.3) is 0 Å². The van der Waals surface area contributed by atoms with Crippen LogP contribution in [0.3, 0.4) is 0 Å². The first kappa shape index (κ1) is 30.1. The largest absolute Gasteiger partial charge is 0.456 e. The first-order chi connectivity index (χ1) is 25.5. The average Bonchev–Trinajstić information content (AvgIpc) is 3.70. The van der Waals surface area contributed by atoms with Gasteiger partial charge in [-0.15, -0.1) is 0 Å². The third-order valence-corrected chi connectivity index (χ3v) is 10.4. The molecule has 0 aliphatic heterocycles. The second-order valence-corrected chi connectivity index (χ2v) is 13.9. The summed E-state index contributed by atoms with van der Waals surface area (Å²) < 4.78 is 6.45. The molecule has 0 N–H and O–H groups in total. The third kappa shape index (κ3) is 4.78. The predicted molar refractivity (Wildman–Crippen MR) is 210 cm³/mol. The Morgan fingerprint density at radius 1 is 0.462 bits per heavy atom. The molecule has 1 aliphatic rings. The van der Waals surface area contributed by atoms with Crippen molar-refractivity contribution in [1.29, 1.82) is 0 Å². The second-order valence-electron chi connectivity index (χ2n) is 13.9. The van der Waals surface area contributed by atoms with Gasteiger partial charge in [-0.25, -0.2) is 15.0 Å². The van der Waals surface area contributed by atoms with Crippen molar-refractivity contribution in [2.75, 3.05) is 0 Å². The first-order valence-electron chi connectivity index (χ1n) is 17.6. The maximum atomic E-state index is 6.45. The fourth-order valence-corrected chi connectivity index (χ4v) is 7.86. The normalized spacial score (nSPS) is 13.0. The van der Waals surface area contributed by atoms with Crippen LogP contribution in [0.4, 0.5) is 0 Å². The van der Waals surface area contributed by atoms with Crippen molar-refractivity contribution >= 4 is 21.9 Å². The van der Waals surface area contributed by atoms with Crippen molar-refractivity contribution in [3.05, 3.63) is 169 Å². The number of rotatable bonds is 5. The zero-order chi connectivity index (χ0) is 34.8. The van der Waals surface area contributed by atoms with E-state index in [4.69, 9.17) is 24.4 Å². The van der Waals surface area contributed by atoms with Gasteiger partial charge in [-0.2, -0.15) is 0 Å². The summed E-state index contributed by atoms with van der Waals surface area (Å²) in [5, 5.41) is 2.21. The van der Waals surface area contributed by atoms with Gasteiger partial charge in [0.15, 0.2) is 17.5 Å². The Bertz CT molecular complexity index is 2820. The molecule has 0 unspecified atom stereocenters. The van der Waals surface area contributed by atoms with E-state index in [1.807, 2.05) is 54.7 Å². The van der Waals surface area contributed by atoms with Crippen LogP contribution in [-0.2, 0) is 5.41 Å². The van der Waals surface area contributed by atoms with Crippen LogP contribution in [0.5, 0.6) is 0 Å². The van der Waals surface area contributed by atoms with E-state index in [9.17, 15) is 0 Å². The van der Waals surface area contributed by atoms with Crippen molar-refractivity contribution < 1.29 is 4.42 Å². The van der Waals surface area contributed by atoms with Crippen LogP contribution in [0.1, 0.15) is 25.0 Å². The molecule has 0 bridgehead atoms. The molecule has 0 atom stereocenters. The van der Waals surface area contributed by atoms with Crippen LogP contribution in [0.15, 0.2) is 162 Å².